The second-order valence-electron chi connectivity index (χ2n) is 6.70. The summed E-state index contributed by atoms with van der Waals surface area (Å²) in [6.45, 7) is 2.27. The van der Waals surface area contributed by atoms with E-state index >= 15 is 0 Å². The Morgan fingerprint density at radius 2 is 0.692 bits per heavy atom. The van der Waals surface area contributed by atoms with Crippen molar-refractivity contribution in [1.82, 2.24) is 0 Å². The molecular weight excluding hydrogens is 312 g/mol. The maximum atomic E-state index is 2.27. The SMILES string of the molecule is CC(c1ccc(-c2ccccc2)cc1)c1ccc(-c2ccccc2)cc1. The molecule has 26 heavy (non-hydrogen) atoms. The van der Waals surface area contributed by atoms with Crippen LogP contribution in [0, 0.1) is 0 Å². The highest BCUT2D eigenvalue weighted by Crippen LogP contribution is 2.29. The Balaban J connectivity index is 1.55. The summed E-state index contributed by atoms with van der Waals surface area (Å²) in [5, 5.41) is 0. The molecule has 0 N–H and O–H groups in total. The summed E-state index contributed by atoms with van der Waals surface area (Å²) < 4.78 is 0. The van der Waals surface area contributed by atoms with Crippen LogP contribution >= 0.6 is 0 Å². The highest BCUT2D eigenvalue weighted by Gasteiger charge is 2.09. The fourth-order valence-electron chi connectivity index (χ4n) is 3.38. The largest absolute Gasteiger partial charge is 0.0622 e. The van der Waals surface area contributed by atoms with E-state index in [0.717, 1.165) is 0 Å². The molecule has 0 bridgehead atoms. The number of rotatable bonds is 4. The summed E-state index contributed by atoms with van der Waals surface area (Å²) in [4.78, 5) is 0. The van der Waals surface area contributed by atoms with E-state index < -0.39 is 0 Å². The second-order valence-corrected chi connectivity index (χ2v) is 6.70. The normalized spacial score (nSPS) is 10.8. The van der Waals surface area contributed by atoms with E-state index in [2.05, 4.69) is 116 Å². The zero-order valence-electron chi connectivity index (χ0n) is 15.0. The predicted octanol–water partition coefficient (Wildman–Crippen LogP) is 7.17. The third kappa shape index (κ3) is 3.45. The van der Waals surface area contributed by atoms with Crippen molar-refractivity contribution in [3.63, 3.8) is 0 Å². The average molecular weight is 334 g/mol. The van der Waals surface area contributed by atoms with E-state index in [1.54, 1.807) is 0 Å². The van der Waals surface area contributed by atoms with Crippen LogP contribution in [0.5, 0.6) is 0 Å². The molecule has 0 heteroatoms. The molecule has 0 aromatic heterocycles. The molecule has 4 aromatic rings. The first kappa shape index (κ1) is 16.4. The van der Waals surface area contributed by atoms with E-state index in [4.69, 9.17) is 0 Å². The zero-order chi connectivity index (χ0) is 17.8. The van der Waals surface area contributed by atoms with Crippen LogP contribution in [-0.4, -0.2) is 0 Å². The molecule has 0 radical (unpaired) electrons. The molecule has 0 saturated heterocycles. The van der Waals surface area contributed by atoms with Gasteiger partial charge in [0, 0.05) is 5.92 Å². The first-order valence-electron chi connectivity index (χ1n) is 9.12. The highest BCUT2D eigenvalue weighted by molar-refractivity contribution is 5.65. The van der Waals surface area contributed by atoms with Crippen LogP contribution in [0.3, 0.4) is 0 Å². The van der Waals surface area contributed by atoms with Crippen LogP contribution in [0.15, 0.2) is 109 Å². The van der Waals surface area contributed by atoms with Gasteiger partial charge in [-0.1, -0.05) is 116 Å². The maximum absolute atomic E-state index is 2.27. The smallest absolute Gasteiger partial charge is 0.00610 e. The zero-order valence-corrected chi connectivity index (χ0v) is 15.0. The second kappa shape index (κ2) is 7.41. The average Bonchev–Trinajstić information content (AvgIpc) is 2.75. The lowest BCUT2D eigenvalue weighted by atomic mass is 9.90. The fourth-order valence-corrected chi connectivity index (χ4v) is 3.38. The Kier molecular flexibility index (Phi) is 4.66. The van der Waals surface area contributed by atoms with Gasteiger partial charge in [0.2, 0.25) is 0 Å². The Bertz CT molecular complexity index is 867. The minimum Gasteiger partial charge on any atom is -0.0622 e. The van der Waals surface area contributed by atoms with Gasteiger partial charge in [0.15, 0.2) is 0 Å². The summed E-state index contributed by atoms with van der Waals surface area (Å²) in [5.41, 5.74) is 7.74. The summed E-state index contributed by atoms with van der Waals surface area (Å²) in [7, 11) is 0. The van der Waals surface area contributed by atoms with E-state index in [0.29, 0.717) is 5.92 Å². The van der Waals surface area contributed by atoms with Crippen molar-refractivity contribution in [3.8, 4) is 22.3 Å². The van der Waals surface area contributed by atoms with Crippen LogP contribution in [0.4, 0.5) is 0 Å². The molecule has 4 rings (SSSR count). The lowest BCUT2D eigenvalue weighted by Crippen LogP contribution is -1.96. The standard InChI is InChI=1S/C26H22/c1-20(21-12-16-25(17-13-21)23-8-4-2-5-9-23)22-14-18-26(19-15-22)24-10-6-3-7-11-24/h2-20H,1H3. The summed E-state index contributed by atoms with van der Waals surface area (Å²) >= 11 is 0. The fraction of sp³-hybridized carbons (Fsp3) is 0.0769. The van der Waals surface area contributed by atoms with Crippen LogP contribution < -0.4 is 0 Å². The van der Waals surface area contributed by atoms with E-state index in [9.17, 15) is 0 Å². The van der Waals surface area contributed by atoms with Crippen molar-refractivity contribution < 1.29 is 0 Å². The molecule has 0 spiro atoms. The molecule has 126 valence electrons. The van der Waals surface area contributed by atoms with Gasteiger partial charge in [0.1, 0.15) is 0 Å². The van der Waals surface area contributed by atoms with E-state index in [1.165, 1.54) is 33.4 Å². The van der Waals surface area contributed by atoms with Gasteiger partial charge in [0.05, 0.1) is 0 Å². The summed E-state index contributed by atoms with van der Waals surface area (Å²) in [6, 6.07) is 38.9. The minimum absolute atomic E-state index is 0.379. The molecule has 0 heterocycles. The van der Waals surface area contributed by atoms with Crippen LogP contribution in [0.25, 0.3) is 22.3 Å². The van der Waals surface area contributed by atoms with Gasteiger partial charge in [-0.05, 0) is 33.4 Å². The lowest BCUT2D eigenvalue weighted by molar-refractivity contribution is 0.923. The molecule has 0 aliphatic carbocycles. The predicted molar refractivity (Wildman–Crippen MR) is 111 cm³/mol. The molecule has 0 saturated carbocycles. The Morgan fingerprint density at radius 1 is 0.385 bits per heavy atom. The van der Waals surface area contributed by atoms with E-state index in [1.807, 2.05) is 0 Å². The molecule has 0 aliphatic heterocycles. The monoisotopic (exact) mass is 334 g/mol. The van der Waals surface area contributed by atoms with Crippen LogP contribution in [0.1, 0.15) is 24.0 Å². The van der Waals surface area contributed by atoms with Crippen molar-refractivity contribution >= 4 is 0 Å². The maximum Gasteiger partial charge on any atom is 0.00610 e. The number of hydrogen-bond donors (Lipinski definition) is 0. The molecule has 0 nitrogen and oxygen atoms in total. The molecule has 0 aliphatic rings. The first-order valence-corrected chi connectivity index (χ1v) is 9.12. The van der Waals surface area contributed by atoms with Gasteiger partial charge >= 0.3 is 0 Å². The van der Waals surface area contributed by atoms with Crippen LogP contribution in [-0.2, 0) is 0 Å². The van der Waals surface area contributed by atoms with Gasteiger partial charge in [0.25, 0.3) is 0 Å². The summed E-state index contributed by atoms with van der Waals surface area (Å²) in [6.07, 6.45) is 0. The Labute approximate surface area is 155 Å². The Hall–Kier alpha value is -3.12. The quantitative estimate of drug-likeness (QED) is 0.371. The first-order chi connectivity index (χ1) is 12.8. The van der Waals surface area contributed by atoms with E-state index in [-0.39, 0.29) is 0 Å². The minimum atomic E-state index is 0.379. The molecule has 4 aromatic carbocycles. The van der Waals surface area contributed by atoms with Crippen molar-refractivity contribution in [1.29, 1.82) is 0 Å². The van der Waals surface area contributed by atoms with Crippen molar-refractivity contribution in [2.45, 2.75) is 12.8 Å². The Morgan fingerprint density at radius 3 is 1.04 bits per heavy atom. The van der Waals surface area contributed by atoms with Gasteiger partial charge in [-0.2, -0.15) is 0 Å². The third-order valence-corrected chi connectivity index (χ3v) is 5.04. The van der Waals surface area contributed by atoms with Crippen molar-refractivity contribution in [2.24, 2.45) is 0 Å². The molecule has 0 atom stereocenters. The molecule has 0 unspecified atom stereocenters. The van der Waals surface area contributed by atoms with Crippen molar-refractivity contribution in [3.05, 3.63) is 120 Å². The van der Waals surface area contributed by atoms with Gasteiger partial charge in [-0.15, -0.1) is 0 Å². The molecule has 0 fully saturated rings. The highest BCUT2D eigenvalue weighted by atomic mass is 14.1. The third-order valence-electron chi connectivity index (χ3n) is 5.04. The molecular formula is C26H22. The topological polar surface area (TPSA) is 0 Å². The lowest BCUT2D eigenvalue weighted by Gasteiger charge is -2.14. The van der Waals surface area contributed by atoms with Gasteiger partial charge in [-0.25, -0.2) is 0 Å². The number of benzene rings is 4. The number of hydrogen-bond acceptors (Lipinski definition) is 0. The summed E-state index contributed by atoms with van der Waals surface area (Å²) in [5.74, 6) is 0.379. The van der Waals surface area contributed by atoms with Gasteiger partial charge in [-0.3, -0.25) is 0 Å². The molecule has 0 amide bonds. The van der Waals surface area contributed by atoms with Gasteiger partial charge < -0.3 is 0 Å². The van der Waals surface area contributed by atoms with Crippen LogP contribution in [0.2, 0.25) is 0 Å². The van der Waals surface area contributed by atoms with Crippen molar-refractivity contribution in [2.75, 3.05) is 0 Å².